The number of pyridine rings is 1. The Morgan fingerprint density at radius 3 is 2.74 bits per heavy atom. The molecule has 19 heavy (non-hydrogen) atoms. The first-order chi connectivity index (χ1) is 8.96. The van der Waals surface area contributed by atoms with E-state index in [0.717, 1.165) is 5.56 Å². The minimum atomic E-state index is -3.99. The number of hydrogen-bond acceptors (Lipinski definition) is 4. The summed E-state index contributed by atoms with van der Waals surface area (Å²) in [7, 11) is -3.99. The lowest BCUT2D eigenvalue weighted by Gasteiger charge is -2.00. The van der Waals surface area contributed by atoms with Crippen molar-refractivity contribution in [3.05, 3.63) is 41.8 Å². The molecule has 0 spiro atoms. The van der Waals surface area contributed by atoms with Crippen LogP contribution in [0.5, 0.6) is 0 Å². The molecule has 0 fully saturated rings. The topological polar surface area (TPSA) is 84.0 Å². The van der Waals surface area contributed by atoms with Gasteiger partial charge < -0.3 is 0 Å². The fourth-order valence-electron chi connectivity index (χ4n) is 1.46. The molecule has 0 bridgehead atoms. The van der Waals surface area contributed by atoms with E-state index in [4.69, 9.17) is 16.2 Å². The van der Waals surface area contributed by atoms with Gasteiger partial charge in [-0.2, -0.15) is 8.42 Å². The molecule has 2 heterocycles. The standard InChI is InChI=1S/C11H10ClN3O3S/c12-10-2-1-4-13-11(10)9-3-5-15(14-8-9)6-7-19(16,17)18/h1-5,8H,6-7H2/p+1. The van der Waals surface area contributed by atoms with Crippen LogP contribution in [0.15, 0.2) is 36.8 Å². The second-order valence-corrected chi connectivity index (χ2v) is 5.78. The van der Waals surface area contributed by atoms with Crippen LogP contribution in [-0.4, -0.2) is 28.8 Å². The summed E-state index contributed by atoms with van der Waals surface area (Å²) >= 11 is 6.01. The first-order valence-electron chi connectivity index (χ1n) is 5.37. The third-order valence-electron chi connectivity index (χ3n) is 2.38. The van der Waals surface area contributed by atoms with E-state index < -0.39 is 10.1 Å². The van der Waals surface area contributed by atoms with Gasteiger partial charge >= 0.3 is 0 Å². The first-order valence-corrected chi connectivity index (χ1v) is 7.36. The maximum atomic E-state index is 10.6. The lowest BCUT2D eigenvalue weighted by atomic mass is 10.2. The van der Waals surface area contributed by atoms with Crippen molar-refractivity contribution in [3.63, 3.8) is 0 Å². The van der Waals surface area contributed by atoms with E-state index in [2.05, 4.69) is 10.1 Å². The van der Waals surface area contributed by atoms with Gasteiger partial charge in [-0.05, 0) is 17.2 Å². The molecule has 0 saturated heterocycles. The molecule has 0 atom stereocenters. The van der Waals surface area contributed by atoms with Crippen molar-refractivity contribution >= 4 is 21.7 Å². The van der Waals surface area contributed by atoms with Gasteiger partial charge in [-0.15, -0.1) is 0 Å². The van der Waals surface area contributed by atoms with E-state index in [-0.39, 0.29) is 12.3 Å². The molecule has 2 aromatic rings. The van der Waals surface area contributed by atoms with Crippen LogP contribution < -0.4 is 4.68 Å². The molecule has 0 aromatic carbocycles. The van der Waals surface area contributed by atoms with Gasteiger partial charge in [0.25, 0.3) is 10.1 Å². The summed E-state index contributed by atoms with van der Waals surface area (Å²) in [6, 6.07) is 5.18. The third-order valence-corrected chi connectivity index (χ3v) is 3.39. The van der Waals surface area contributed by atoms with Crippen molar-refractivity contribution in [2.75, 3.05) is 5.75 Å². The molecule has 6 nitrogen and oxygen atoms in total. The van der Waals surface area contributed by atoms with Gasteiger partial charge in [0.05, 0.1) is 10.7 Å². The van der Waals surface area contributed by atoms with E-state index >= 15 is 0 Å². The molecule has 0 unspecified atom stereocenters. The van der Waals surface area contributed by atoms with Crippen molar-refractivity contribution < 1.29 is 17.7 Å². The van der Waals surface area contributed by atoms with Crippen LogP contribution in [0.2, 0.25) is 5.02 Å². The fraction of sp³-hybridized carbons (Fsp3) is 0.182. The fourth-order valence-corrected chi connectivity index (χ4v) is 2.11. The van der Waals surface area contributed by atoms with Crippen LogP contribution in [-0.2, 0) is 16.7 Å². The highest BCUT2D eigenvalue weighted by Gasteiger charge is 2.12. The Bertz CT molecular complexity index is 674. The van der Waals surface area contributed by atoms with E-state index in [9.17, 15) is 8.42 Å². The zero-order chi connectivity index (χ0) is 13.9. The molecule has 2 rings (SSSR count). The highest BCUT2D eigenvalue weighted by Crippen LogP contribution is 2.23. The van der Waals surface area contributed by atoms with Crippen molar-refractivity contribution in [2.45, 2.75) is 6.54 Å². The molecule has 0 saturated carbocycles. The average Bonchev–Trinajstić information content (AvgIpc) is 2.37. The largest absolute Gasteiger partial charge is 0.285 e. The molecule has 2 aromatic heterocycles. The monoisotopic (exact) mass is 300 g/mol. The number of aryl methyl sites for hydroxylation is 1. The summed E-state index contributed by atoms with van der Waals surface area (Å²) in [6.07, 6.45) is 4.77. The van der Waals surface area contributed by atoms with Crippen molar-refractivity contribution in [3.8, 4) is 11.3 Å². The Morgan fingerprint density at radius 1 is 1.37 bits per heavy atom. The van der Waals surface area contributed by atoms with Crippen molar-refractivity contribution in [2.24, 2.45) is 0 Å². The highest BCUT2D eigenvalue weighted by molar-refractivity contribution is 7.85. The molecular weight excluding hydrogens is 290 g/mol. The number of nitrogens with zero attached hydrogens (tertiary/aromatic N) is 3. The van der Waals surface area contributed by atoms with Crippen molar-refractivity contribution in [1.82, 2.24) is 10.1 Å². The summed E-state index contributed by atoms with van der Waals surface area (Å²) in [4.78, 5) is 4.15. The minimum Gasteiger partial charge on any atom is -0.285 e. The van der Waals surface area contributed by atoms with Crippen LogP contribution in [0.25, 0.3) is 11.3 Å². The Balaban J connectivity index is 2.17. The number of halogens is 1. The van der Waals surface area contributed by atoms with Gasteiger partial charge in [0.2, 0.25) is 0 Å². The molecule has 0 aliphatic heterocycles. The van der Waals surface area contributed by atoms with Gasteiger partial charge in [-0.1, -0.05) is 16.3 Å². The quantitative estimate of drug-likeness (QED) is 0.672. The normalized spacial score (nSPS) is 11.5. The Labute approximate surface area is 115 Å². The minimum absolute atomic E-state index is 0.0784. The van der Waals surface area contributed by atoms with Crippen LogP contribution in [0.3, 0.4) is 0 Å². The number of aromatic nitrogens is 3. The molecule has 8 heteroatoms. The Kier molecular flexibility index (Phi) is 4.08. The van der Waals surface area contributed by atoms with E-state index in [1.54, 1.807) is 30.6 Å². The Morgan fingerprint density at radius 2 is 2.16 bits per heavy atom. The maximum absolute atomic E-state index is 10.6. The molecule has 1 N–H and O–H groups in total. The second kappa shape index (κ2) is 5.60. The van der Waals surface area contributed by atoms with Crippen LogP contribution in [0.1, 0.15) is 0 Å². The van der Waals surface area contributed by atoms with Crippen molar-refractivity contribution in [1.29, 1.82) is 0 Å². The van der Waals surface area contributed by atoms with Gasteiger partial charge in [0.15, 0.2) is 12.7 Å². The molecule has 0 amide bonds. The predicted molar refractivity (Wildman–Crippen MR) is 69.1 cm³/mol. The zero-order valence-electron chi connectivity index (χ0n) is 9.77. The molecular formula is C11H11ClN3O3S+. The summed E-state index contributed by atoms with van der Waals surface area (Å²) < 4.78 is 31.3. The first kappa shape index (κ1) is 13.9. The van der Waals surface area contributed by atoms with Gasteiger partial charge in [-0.25, -0.2) is 0 Å². The number of rotatable bonds is 4. The van der Waals surface area contributed by atoms with Crippen LogP contribution >= 0.6 is 11.6 Å². The predicted octanol–water partition coefficient (Wildman–Crippen LogP) is 0.972. The highest BCUT2D eigenvalue weighted by atomic mass is 35.5. The molecule has 0 aliphatic rings. The van der Waals surface area contributed by atoms with Gasteiger partial charge in [-0.3, -0.25) is 9.54 Å². The van der Waals surface area contributed by atoms with Gasteiger partial charge in [0.1, 0.15) is 11.9 Å². The van der Waals surface area contributed by atoms with Crippen LogP contribution in [0.4, 0.5) is 0 Å². The smallest absolute Gasteiger partial charge is 0.271 e. The molecule has 0 aliphatic carbocycles. The molecule has 0 radical (unpaired) electrons. The lowest BCUT2D eigenvalue weighted by molar-refractivity contribution is -0.750. The van der Waals surface area contributed by atoms with E-state index in [0.29, 0.717) is 10.7 Å². The van der Waals surface area contributed by atoms with E-state index in [1.165, 1.54) is 10.9 Å². The summed E-state index contributed by atoms with van der Waals surface area (Å²) in [5.41, 5.74) is 1.34. The maximum Gasteiger partial charge on any atom is 0.271 e. The summed E-state index contributed by atoms with van der Waals surface area (Å²) in [5, 5.41) is 4.56. The van der Waals surface area contributed by atoms with Gasteiger partial charge in [0, 0.05) is 17.8 Å². The molecule has 100 valence electrons. The average molecular weight is 301 g/mol. The SMILES string of the molecule is O=S(=O)(O)CC[n+]1ccc(-c2ncccc2Cl)cn1. The second-order valence-electron chi connectivity index (χ2n) is 3.80. The lowest BCUT2D eigenvalue weighted by Crippen LogP contribution is -2.40. The number of hydrogen-bond donors (Lipinski definition) is 1. The third kappa shape index (κ3) is 3.95. The van der Waals surface area contributed by atoms with E-state index in [1.807, 2.05) is 0 Å². The van der Waals surface area contributed by atoms with Crippen LogP contribution in [0, 0.1) is 0 Å². The summed E-state index contributed by atoms with van der Waals surface area (Å²) in [5.74, 6) is -0.381. The zero-order valence-corrected chi connectivity index (χ0v) is 11.3. The Hall–Kier alpha value is -1.57. The summed E-state index contributed by atoms with van der Waals surface area (Å²) in [6.45, 7) is 0.0784.